The van der Waals surface area contributed by atoms with Crippen LogP contribution in [0.15, 0.2) is 12.7 Å². The maximum Gasteiger partial charge on any atom is 0.0603 e. The van der Waals surface area contributed by atoms with Gasteiger partial charge < -0.3 is 4.74 Å². The Balaban J connectivity index is 1.47. The SMILES string of the molecule is C=CC1CCC(C2CCC(C3CCC(OCC)C(C)C3C)CC2)CC1. The van der Waals surface area contributed by atoms with Gasteiger partial charge in [0.25, 0.3) is 0 Å². The average molecular weight is 347 g/mol. The van der Waals surface area contributed by atoms with Crippen molar-refractivity contribution in [3.8, 4) is 0 Å². The van der Waals surface area contributed by atoms with Gasteiger partial charge in [-0.25, -0.2) is 0 Å². The molecule has 1 nitrogen and oxygen atoms in total. The Morgan fingerprint density at radius 2 is 1.32 bits per heavy atom. The molecule has 0 amide bonds. The number of rotatable bonds is 5. The van der Waals surface area contributed by atoms with Crippen molar-refractivity contribution in [2.45, 2.75) is 91.1 Å². The van der Waals surface area contributed by atoms with Gasteiger partial charge in [-0.1, -0.05) is 19.9 Å². The van der Waals surface area contributed by atoms with Crippen LogP contribution in [-0.2, 0) is 4.74 Å². The molecule has 3 saturated carbocycles. The van der Waals surface area contributed by atoms with E-state index in [1.165, 1.54) is 64.2 Å². The summed E-state index contributed by atoms with van der Waals surface area (Å²) >= 11 is 0. The highest BCUT2D eigenvalue weighted by Gasteiger charge is 2.40. The summed E-state index contributed by atoms with van der Waals surface area (Å²) in [7, 11) is 0. The zero-order chi connectivity index (χ0) is 17.8. The Bertz CT molecular complexity index is 400. The molecule has 144 valence electrons. The summed E-state index contributed by atoms with van der Waals surface area (Å²) in [5.74, 6) is 6.43. The molecule has 3 aliphatic rings. The van der Waals surface area contributed by atoms with Gasteiger partial charge in [0.15, 0.2) is 0 Å². The summed E-state index contributed by atoms with van der Waals surface area (Å²) < 4.78 is 6.01. The molecule has 0 N–H and O–H groups in total. The quantitative estimate of drug-likeness (QED) is 0.493. The van der Waals surface area contributed by atoms with E-state index in [1.807, 2.05) is 0 Å². The summed E-state index contributed by atoms with van der Waals surface area (Å²) in [6.07, 6.45) is 17.2. The molecule has 0 aliphatic heterocycles. The lowest BCUT2D eigenvalue weighted by molar-refractivity contribution is -0.0521. The van der Waals surface area contributed by atoms with Gasteiger partial charge in [0, 0.05) is 6.61 Å². The van der Waals surface area contributed by atoms with E-state index in [0.717, 1.165) is 48.0 Å². The standard InChI is InChI=1S/C24H42O/c1-5-19-7-9-20(10-8-19)21-11-13-22(14-12-21)23-15-16-24(25-6-2)18(4)17(23)3/h5,17-24H,1,6-16H2,2-4H3. The molecule has 0 aromatic carbocycles. The van der Waals surface area contributed by atoms with Gasteiger partial charge in [0.05, 0.1) is 6.10 Å². The summed E-state index contributed by atoms with van der Waals surface area (Å²) in [5.41, 5.74) is 0. The van der Waals surface area contributed by atoms with Crippen molar-refractivity contribution in [3.63, 3.8) is 0 Å². The third kappa shape index (κ3) is 4.52. The second-order valence-corrected chi connectivity index (χ2v) is 9.54. The molecule has 4 atom stereocenters. The monoisotopic (exact) mass is 346 g/mol. The van der Waals surface area contributed by atoms with Crippen LogP contribution in [0, 0.1) is 41.4 Å². The zero-order valence-corrected chi connectivity index (χ0v) is 17.1. The fourth-order valence-corrected chi connectivity index (χ4v) is 6.62. The second kappa shape index (κ2) is 9.07. The van der Waals surface area contributed by atoms with E-state index >= 15 is 0 Å². The topological polar surface area (TPSA) is 9.23 Å². The molecular formula is C24H42O. The van der Waals surface area contributed by atoms with E-state index in [-0.39, 0.29) is 0 Å². The number of ether oxygens (including phenoxy) is 1. The van der Waals surface area contributed by atoms with Gasteiger partial charge in [-0.05, 0) is 113 Å². The maximum absolute atomic E-state index is 6.01. The molecule has 0 spiro atoms. The lowest BCUT2D eigenvalue weighted by Gasteiger charge is -2.46. The maximum atomic E-state index is 6.01. The molecule has 0 saturated heterocycles. The van der Waals surface area contributed by atoms with Gasteiger partial charge in [-0.2, -0.15) is 0 Å². The fraction of sp³-hybridized carbons (Fsp3) is 0.917. The summed E-state index contributed by atoms with van der Waals surface area (Å²) in [6, 6.07) is 0. The predicted molar refractivity (Wildman–Crippen MR) is 108 cm³/mol. The number of hydrogen-bond acceptors (Lipinski definition) is 1. The third-order valence-electron chi connectivity index (χ3n) is 8.49. The van der Waals surface area contributed by atoms with Crippen LogP contribution in [-0.4, -0.2) is 12.7 Å². The highest BCUT2D eigenvalue weighted by atomic mass is 16.5. The van der Waals surface area contributed by atoms with Crippen LogP contribution in [0.25, 0.3) is 0 Å². The van der Waals surface area contributed by atoms with Gasteiger partial charge >= 0.3 is 0 Å². The molecule has 0 radical (unpaired) electrons. The van der Waals surface area contributed by atoms with E-state index < -0.39 is 0 Å². The summed E-state index contributed by atoms with van der Waals surface area (Å²) in [6.45, 7) is 12.0. The first kappa shape index (κ1) is 19.5. The Morgan fingerprint density at radius 3 is 1.88 bits per heavy atom. The normalized spacial score (nSPS) is 45.9. The lowest BCUT2D eigenvalue weighted by Crippen LogP contribution is -2.40. The molecular weight excluding hydrogens is 304 g/mol. The predicted octanol–water partition coefficient (Wildman–Crippen LogP) is 6.87. The summed E-state index contributed by atoms with van der Waals surface area (Å²) in [4.78, 5) is 0. The van der Waals surface area contributed by atoms with Crippen molar-refractivity contribution in [3.05, 3.63) is 12.7 Å². The van der Waals surface area contributed by atoms with E-state index in [9.17, 15) is 0 Å². The number of allylic oxidation sites excluding steroid dienone is 1. The first-order valence-corrected chi connectivity index (χ1v) is 11.4. The first-order chi connectivity index (χ1) is 12.1. The van der Waals surface area contributed by atoms with Crippen molar-refractivity contribution in [2.75, 3.05) is 6.61 Å². The van der Waals surface area contributed by atoms with Crippen LogP contribution in [0.1, 0.15) is 85.0 Å². The Morgan fingerprint density at radius 1 is 0.760 bits per heavy atom. The molecule has 3 aliphatic carbocycles. The van der Waals surface area contributed by atoms with Crippen molar-refractivity contribution in [1.82, 2.24) is 0 Å². The average Bonchev–Trinajstić information content (AvgIpc) is 2.66. The second-order valence-electron chi connectivity index (χ2n) is 9.54. The smallest absolute Gasteiger partial charge is 0.0603 e. The lowest BCUT2D eigenvalue weighted by atomic mass is 9.61. The van der Waals surface area contributed by atoms with Gasteiger partial charge in [-0.15, -0.1) is 6.58 Å². The van der Waals surface area contributed by atoms with Gasteiger partial charge in [0.1, 0.15) is 0 Å². The van der Waals surface area contributed by atoms with Crippen molar-refractivity contribution in [1.29, 1.82) is 0 Å². The minimum absolute atomic E-state index is 0.521. The summed E-state index contributed by atoms with van der Waals surface area (Å²) in [5, 5.41) is 0. The molecule has 0 bridgehead atoms. The van der Waals surface area contributed by atoms with E-state index in [0.29, 0.717) is 6.10 Å². The van der Waals surface area contributed by atoms with Crippen LogP contribution in [0.5, 0.6) is 0 Å². The highest BCUT2D eigenvalue weighted by molar-refractivity contribution is 4.91. The minimum Gasteiger partial charge on any atom is -0.378 e. The van der Waals surface area contributed by atoms with Crippen LogP contribution in [0.4, 0.5) is 0 Å². The van der Waals surface area contributed by atoms with Gasteiger partial charge in [0.2, 0.25) is 0 Å². The molecule has 1 heteroatoms. The fourth-order valence-electron chi connectivity index (χ4n) is 6.62. The molecule has 0 heterocycles. The third-order valence-corrected chi connectivity index (χ3v) is 8.49. The zero-order valence-electron chi connectivity index (χ0n) is 17.1. The van der Waals surface area contributed by atoms with E-state index in [2.05, 4.69) is 33.4 Å². The van der Waals surface area contributed by atoms with Crippen molar-refractivity contribution >= 4 is 0 Å². The van der Waals surface area contributed by atoms with Crippen LogP contribution >= 0.6 is 0 Å². The van der Waals surface area contributed by atoms with Crippen molar-refractivity contribution in [2.24, 2.45) is 41.4 Å². The molecule has 25 heavy (non-hydrogen) atoms. The molecule has 4 unspecified atom stereocenters. The number of hydrogen-bond donors (Lipinski definition) is 0. The van der Waals surface area contributed by atoms with Gasteiger partial charge in [-0.3, -0.25) is 0 Å². The Hall–Kier alpha value is -0.300. The molecule has 3 fully saturated rings. The van der Waals surface area contributed by atoms with Crippen LogP contribution in [0.2, 0.25) is 0 Å². The molecule has 3 rings (SSSR count). The first-order valence-electron chi connectivity index (χ1n) is 11.4. The van der Waals surface area contributed by atoms with Crippen LogP contribution in [0.3, 0.4) is 0 Å². The Labute approximate surface area is 157 Å². The van der Waals surface area contributed by atoms with E-state index in [4.69, 9.17) is 4.74 Å². The minimum atomic E-state index is 0.521. The molecule has 0 aromatic heterocycles. The van der Waals surface area contributed by atoms with Crippen molar-refractivity contribution < 1.29 is 4.74 Å². The van der Waals surface area contributed by atoms with E-state index in [1.54, 1.807) is 0 Å². The molecule has 0 aromatic rings. The van der Waals surface area contributed by atoms with Crippen LogP contribution < -0.4 is 0 Å². The largest absolute Gasteiger partial charge is 0.378 e. The Kier molecular flexibility index (Phi) is 7.06. The highest BCUT2D eigenvalue weighted by Crippen LogP contribution is 2.48.